The predicted octanol–water partition coefficient (Wildman–Crippen LogP) is 1.56. The fraction of sp³-hybridized carbons (Fsp3) is 0.562. The van der Waals surface area contributed by atoms with Gasteiger partial charge in [-0.15, -0.1) is 0 Å². The van der Waals surface area contributed by atoms with E-state index in [1.54, 1.807) is 17.2 Å². The van der Waals surface area contributed by atoms with E-state index in [4.69, 9.17) is 0 Å². The smallest absolute Gasteiger partial charge is 0.315 e. The summed E-state index contributed by atoms with van der Waals surface area (Å²) in [5.41, 5.74) is 1.48. The Morgan fingerprint density at radius 2 is 2.18 bits per heavy atom. The predicted molar refractivity (Wildman–Crippen MR) is 84.7 cm³/mol. The number of carbonyl (C=O) groups is 2. The lowest BCUT2D eigenvalue weighted by molar-refractivity contribution is 0.0789. The van der Waals surface area contributed by atoms with Crippen molar-refractivity contribution in [3.63, 3.8) is 0 Å². The molecule has 0 aliphatic carbocycles. The van der Waals surface area contributed by atoms with Crippen molar-refractivity contribution < 1.29 is 9.59 Å². The largest absolute Gasteiger partial charge is 0.338 e. The molecule has 2 rings (SSSR count). The SMILES string of the molecule is Cc1ccc(C(=O)N2CCC(NC(=O)NCC(C)C)C2)cn1. The number of nitrogens with one attached hydrogen (secondary N) is 2. The highest BCUT2D eigenvalue weighted by Gasteiger charge is 2.28. The molecule has 1 aromatic rings. The van der Waals surface area contributed by atoms with Gasteiger partial charge in [0.25, 0.3) is 5.91 Å². The molecule has 1 aromatic heterocycles. The zero-order valence-corrected chi connectivity index (χ0v) is 13.4. The van der Waals surface area contributed by atoms with Crippen LogP contribution < -0.4 is 10.6 Å². The zero-order chi connectivity index (χ0) is 16.1. The minimum atomic E-state index is -0.162. The molecule has 0 bridgehead atoms. The molecule has 2 heterocycles. The Hall–Kier alpha value is -2.11. The molecule has 6 heteroatoms. The van der Waals surface area contributed by atoms with Crippen LogP contribution in [0.25, 0.3) is 0 Å². The van der Waals surface area contributed by atoms with Gasteiger partial charge in [-0.1, -0.05) is 13.8 Å². The standard InChI is InChI=1S/C16H24N4O2/c1-11(2)8-18-16(22)19-14-6-7-20(10-14)15(21)13-5-4-12(3)17-9-13/h4-5,9,11,14H,6-8,10H2,1-3H3,(H2,18,19,22). The second-order valence-electron chi connectivity index (χ2n) is 6.17. The molecule has 120 valence electrons. The van der Waals surface area contributed by atoms with E-state index < -0.39 is 0 Å². The molecule has 0 saturated carbocycles. The molecule has 0 radical (unpaired) electrons. The van der Waals surface area contributed by atoms with Gasteiger partial charge in [0.1, 0.15) is 0 Å². The molecule has 22 heavy (non-hydrogen) atoms. The third-order valence-electron chi connectivity index (χ3n) is 3.64. The highest BCUT2D eigenvalue weighted by molar-refractivity contribution is 5.94. The molecule has 1 fully saturated rings. The van der Waals surface area contributed by atoms with Crippen LogP contribution in [0.3, 0.4) is 0 Å². The van der Waals surface area contributed by atoms with Crippen molar-refractivity contribution in [3.05, 3.63) is 29.6 Å². The second-order valence-corrected chi connectivity index (χ2v) is 6.17. The Kier molecular flexibility index (Phi) is 5.35. The number of rotatable bonds is 4. The molecule has 1 aliphatic heterocycles. The number of hydrogen-bond acceptors (Lipinski definition) is 3. The van der Waals surface area contributed by atoms with Gasteiger partial charge >= 0.3 is 6.03 Å². The topological polar surface area (TPSA) is 74.3 Å². The monoisotopic (exact) mass is 304 g/mol. The highest BCUT2D eigenvalue weighted by atomic mass is 16.2. The van der Waals surface area contributed by atoms with Crippen LogP contribution in [-0.2, 0) is 0 Å². The lowest BCUT2D eigenvalue weighted by atomic mass is 10.2. The summed E-state index contributed by atoms with van der Waals surface area (Å²) in [4.78, 5) is 30.0. The molecular weight excluding hydrogens is 280 g/mol. The molecule has 1 unspecified atom stereocenters. The fourth-order valence-electron chi connectivity index (χ4n) is 2.37. The summed E-state index contributed by atoms with van der Waals surface area (Å²) in [6.07, 6.45) is 2.38. The number of hydrogen-bond donors (Lipinski definition) is 2. The Labute approximate surface area is 131 Å². The molecule has 1 saturated heterocycles. The maximum atomic E-state index is 12.4. The van der Waals surface area contributed by atoms with Crippen LogP contribution >= 0.6 is 0 Å². The molecule has 6 nitrogen and oxygen atoms in total. The Morgan fingerprint density at radius 1 is 1.41 bits per heavy atom. The number of likely N-dealkylation sites (tertiary alicyclic amines) is 1. The summed E-state index contributed by atoms with van der Waals surface area (Å²) in [5, 5.41) is 5.75. The van der Waals surface area contributed by atoms with Crippen molar-refractivity contribution in [1.82, 2.24) is 20.5 Å². The highest BCUT2D eigenvalue weighted by Crippen LogP contribution is 2.13. The van der Waals surface area contributed by atoms with Gasteiger partial charge in [-0.25, -0.2) is 4.79 Å². The lowest BCUT2D eigenvalue weighted by Gasteiger charge is -2.17. The molecule has 0 spiro atoms. The van der Waals surface area contributed by atoms with E-state index in [0.717, 1.165) is 12.1 Å². The number of nitrogens with zero attached hydrogens (tertiary/aromatic N) is 2. The summed E-state index contributed by atoms with van der Waals surface area (Å²) in [6.45, 7) is 7.83. The van der Waals surface area contributed by atoms with Crippen LogP contribution in [0.2, 0.25) is 0 Å². The Morgan fingerprint density at radius 3 is 2.82 bits per heavy atom. The first-order chi connectivity index (χ1) is 10.5. The van der Waals surface area contributed by atoms with Crippen molar-refractivity contribution in [1.29, 1.82) is 0 Å². The number of amides is 3. The van der Waals surface area contributed by atoms with E-state index >= 15 is 0 Å². The fourth-order valence-corrected chi connectivity index (χ4v) is 2.37. The average Bonchev–Trinajstić information content (AvgIpc) is 2.93. The van der Waals surface area contributed by atoms with E-state index in [-0.39, 0.29) is 18.0 Å². The normalized spacial score (nSPS) is 17.6. The third-order valence-corrected chi connectivity index (χ3v) is 3.64. The molecule has 0 aromatic carbocycles. The molecule has 2 N–H and O–H groups in total. The summed E-state index contributed by atoms with van der Waals surface area (Å²) < 4.78 is 0. The van der Waals surface area contributed by atoms with Gasteiger partial charge < -0.3 is 15.5 Å². The van der Waals surface area contributed by atoms with E-state index in [9.17, 15) is 9.59 Å². The first-order valence-electron chi connectivity index (χ1n) is 7.72. The van der Waals surface area contributed by atoms with Gasteiger partial charge in [0.15, 0.2) is 0 Å². The summed E-state index contributed by atoms with van der Waals surface area (Å²) >= 11 is 0. The number of aryl methyl sites for hydroxylation is 1. The first-order valence-corrected chi connectivity index (χ1v) is 7.72. The Bertz CT molecular complexity index is 527. The van der Waals surface area contributed by atoms with Crippen molar-refractivity contribution >= 4 is 11.9 Å². The maximum absolute atomic E-state index is 12.4. The van der Waals surface area contributed by atoms with Crippen LogP contribution in [-0.4, -0.2) is 47.5 Å². The summed E-state index contributed by atoms with van der Waals surface area (Å²) in [6, 6.07) is 3.47. The third kappa shape index (κ3) is 4.44. The molecule has 1 aliphatic rings. The minimum Gasteiger partial charge on any atom is -0.338 e. The van der Waals surface area contributed by atoms with Crippen LogP contribution in [0, 0.1) is 12.8 Å². The summed E-state index contributed by atoms with van der Waals surface area (Å²) in [7, 11) is 0. The van der Waals surface area contributed by atoms with E-state index in [1.807, 2.05) is 26.8 Å². The first kappa shape index (κ1) is 16.3. The number of aromatic nitrogens is 1. The number of pyridine rings is 1. The molecule has 3 amide bonds. The van der Waals surface area contributed by atoms with Crippen LogP contribution in [0.15, 0.2) is 18.3 Å². The minimum absolute atomic E-state index is 0.00881. The quantitative estimate of drug-likeness (QED) is 0.886. The number of urea groups is 1. The molecular formula is C16H24N4O2. The van der Waals surface area contributed by atoms with Gasteiger partial charge in [0.2, 0.25) is 0 Å². The van der Waals surface area contributed by atoms with Gasteiger partial charge in [-0.2, -0.15) is 0 Å². The second kappa shape index (κ2) is 7.24. The van der Waals surface area contributed by atoms with Crippen LogP contribution in [0.1, 0.15) is 36.3 Å². The summed E-state index contributed by atoms with van der Waals surface area (Å²) in [5.74, 6) is 0.390. The number of carbonyl (C=O) groups excluding carboxylic acids is 2. The van der Waals surface area contributed by atoms with Gasteiger partial charge in [-0.3, -0.25) is 9.78 Å². The van der Waals surface area contributed by atoms with E-state index in [0.29, 0.717) is 31.1 Å². The van der Waals surface area contributed by atoms with Crippen molar-refractivity contribution in [2.75, 3.05) is 19.6 Å². The van der Waals surface area contributed by atoms with Crippen molar-refractivity contribution in [3.8, 4) is 0 Å². The average molecular weight is 304 g/mol. The van der Waals surface area contributed by atoms with Crippen LogP contribution in [0.5, 0.6) is 0 Å². The van der Waals surface area contributed by atoms with E-state index in [2.05, 4.69) is 15.6 Å². The van der Waals surface area contributed by atoms with Crippen molar-refractivity contribution in [2.45, 2.75) is 33.2 Å². The van der Waals surface area contributed by atoms with Crippen LogP contribution in [0.4, 0.5) is 4.79 Å². The maximum Gasteiger partial charge on any atom is 0.315 e. The zero-order valence-electron chi connectivity index (χ0n) is 13.4. The molecule has 1 atom stereocenters. The Balaban J connectivity index is 1.83. The van der Waals surface area contributed by atoms with E-state index in [1.165, 1.54) is 0 Å². The van der Waals surface area contributed by atoms with Crippen molar-refractivity contribution in [2.24, 2.45) is 5.92 Å². The van der Waals surface area contributed by atoms with Gasteiger partial charge in [0, 0.05) is 37.6 Å². The van der Waals surface area contributed by atoms with Gasteiger partial charge in [0.05, 0.1) is 5.56 Å². The lowest BCUT2D eigenvalue weighted by Crippen LogP contribution is -2.44. The van der Waals surface area contributed by atoms with Gasteiger partial charge in [-0.05, 0) is 31.4 Å².